The molecule has 4 heteroatoms. The number of hydrogen-bond donors (Lipinski definition) is 2. The third kappa shape index (κ3) is 2.78. The van der Waals surface area contributed by atoms with Gasteiger partial charge >= 0.3 is 0 Å². The summed E-state index contributed by atoms with van der Waals surface area (Å²) in [6.45, 7) is 2.50. The van der Waals surface area contributed by atoms with Gasteiger partial charge < -0.3 is 10.8 Å². The summed E-state index contributed by atoms with van der Waals surface area (Å²) >= 11 is 6.06. The normalized spacial score (nSPS) is 29.2. The van der Waals surface area contributed by atoms with Crippen molar-refractivity contribution in [1.29, 1.82) is 0 Å². The van der Waals surface area contributed by atoms with Crippen LogP contribution in [0.5, 0.6) is 0 Å². The standard InChI is InChI=1S/C15H21ClFNO/c1-10-4-3-7-15(8-10,9-18)14(19)13-11(16)5-2-6-12(13)17/h2,5-6,10,14,19H,3-4,7-9,18H2,1H3. The molecular formula is C15H21ClFNO. The van der Waals surface area contributed by atoms with E-state index in [0.717, 1.165) is 25.7 Å². The summed E-state index contributed by atoms with van der Waals surface area (Å²) in [7, 11) is 0. The van der Waals surface area contributed by atoms with E-state index in [9.17, 15) is 9.50 Å². The molecular weight excluding hydrogens is 265 g/mol. The summed E-state index contributed by atoms with van der Waals surface area (Å²) < 4.78 is 14.0. The monoisotopic (exact) mass is 285 g/mol. The summed E-state index contributed by atoms with van der Waals surface area (Å²) in [5.74, 6) is 0.0450. The van der Waals surface area contributed by atoms with Crippen LogP contribution in [0.25, 0.3) is 0 Å². The van der Waals surface area contributed by atoms with E-state index in [1.165, 1.54) is 6.07 Å². The van der Waals surface area contributed by atoms with Gasteiger partial charge in [0.1, 0.15) is 5.82 Å². The SMILES string of the molecule is CC1CCCC(CN)(C(O)c2c(F)cccc2Cl)C1. The van der Waals surface area contributed by atoms with Crippen molar-refractivity contribution < 1.29 is 9.50 Å². The second-order valence-corrected chi connectivity index (χ2v) is 6.21. The Bertz CT molecular complexity index is 434. The predicted molar refractivity (Wildman–Crippen MR) is 75.5 cm³/mol. The van der Waals surface area contributed by atoms with Crippen LogP contribution in [0.1, 0.15) is 44.3 Å². The van der Waals surface area contributed by atoms with Crippen LogP contribution in [0.2, 0.25) is 5.02 Å². The highest BCUT2D eigenvalue weighted by atomic mass is 35.5. The van der Waals surface area contributed by atoms with E-state index >= 15 is 0 Å². The van der Waals surface area contributed by atoms with E-state index in [-0.39, 0.29) is 10.6 Å². The molecule has 19 heavy (non-hydrogen) atoms. The van der Waals surface area contributed by atoms with Crippen LogP contribution in [-0.2, 0) is 0 Å². The van der Waals surface area contributed by atoms with Crippen LogP contribution in [0.3, 0.4) is 0 Å². The average Bonchev–Trinajstić information content (AvgIpc) is 2.38. The highest BCUT2D eigenvalue weighted by molar-refractivity contribution is 6.31. The zero-order valence-corrected chi connectivity index (χ0v) is 12.0. The maximum atomic E-state index is 14.0. The molecule has 1 aromatic rings. The smallest absolute Gasteiger partial charge is 0.130 e. The molecule has 1 aromatic carbocycles. The Morgan fingerprint density at radius 1 is 1.58 bits per heavy atom. The van der Waals surface area contributed by atoms with Crippen molar-refractivity contribution in [3.05, 3.63) is 34.6 Å². The lowest BCUT2D eigenvalue weighted by Crippen LogP contribution is -2.41. The fourth-order valence-corrected chi connectivity index (χ4v) is 3.59. The molecule has 3 atom stereocenters. The summed E-state index contributed by atoms with van der Waals surface area (Å²) in [5.41, 5.74) is 5.66. The van der Waals surface area contributed by atoms with Gasteiger partial charge in [0.25, 0.3) is 0 Å². The van der Waals surface area contributed by atoms with Gasteiger partial charge in [0.15, 0.2) is 0 Å². The molecule has 1 fully saturated rings. The molecule has 0 spiro atoms. The lowest BCUT2D eigenvalue weighted by atomic mass is 9.65. The van der Waals surface area contributed by atoms with Gasteiger partial charge in [-0.2, -0.15) is 0 Å². The lowest BCUT2D eigenvalue weighted by Gasteiger charge is -2.43. The van der Waals surface area contributed by atoms with Crippen molar-refractivity contribution >= 4 is 11.6 Å². The Morgan fingerprint density at radius 2 is 2.32 bits per heavy atom. The third-order valence-electron chi connectivity index (χ3n) is 4.39. The number of rotatable bonds is 3. The minimum absolute atomic E-state index is 0.198. The molecule has 106 valence electrons. The van der Waals surface area contributed by atoms with Gasteiger partial charge in [-0.05, 0) is 30.9 Å². The van der Waals surface area contributed by atoms with Gasteiger partial charge in [-0.3, -0.25) is 0 Å². The molecule has 1 aliphatic rings. The fourth-order valence-electron chi connectivity index (χ4n) is 3.32. The summed E-state index contributed by atoms with van der Waals surface area (Å²) in [4.78, 5) is 0. The maximum absolute atomic E-state index is 14.0. The minimum atomic E-state index is -0.936. The van der Waals surface area contributed by atoms with Crippen molar-refractivity contribution in [1.82, 2.24) is 0 Å². The second kappa shape index (κ2) is 5.78. The highest BCUT2D eigenvalue weighted by Gasteiger charge is 2.42. The van der Waals surface area contributed by atoms with E-state index in [1.54, 1.807) is 12.1 Å². The first-order valence-corrected chi connectivity index (χ1v) is 7.20. The Kier molecular flexibility index (Phi) is 4.49. The van der Waals surface area contributed by atoms with Crippen molar-refractivity contribution in [3.8, 4) is 0 Å². The Labute approximate surface area is 118 Å². The number of nitrogens with two attached hydrogens (primary N) is 1. The largest absolute Gasteiger partial charge is 0.388 e. The molecule has 0 amide bonds. The first kappa shape index (κ1) is 14.8. The van der Waals surface area contributed by atoms with Crippen molar-refractivity contribution in [2.75, 3.05) is 6.54 Å². The Morgan fingerprint density at radius 3 is 2.89 bits per heavy atom. The quantitative estimate of drug-likeness (QED) is 0.890. The molecule has 2 rings (SSSR count). The minimum Gasteiger partial charge on any atom is -0.388 e. The van der Waals surface area contributed by atoms with Crippen LogP contribution in [0.4, 0.5) is 4.39 Å². The molecule has 3 N–H and O–H groups in total. The molecule has 1 aliphatic carbocycles. The predicted octanol–water partition coefficient (Wildman–Crippen LogP) is 3.67. The van der Waals surface area contributed by atoms with Crippen LogP contribution in [-0.4, -0.2) is 11.7 Å². The van der Waals surface area contributed by atoms with Gasteiger partial charge in [-0.15, -0.1) is 0 Å². The molecule has 1 saturated carbocycles. The van der Waals surface area contributed by atoms with Crippen molar-refractivity contribution in [2.45, 2.75) is 38.7 Å². The molecule has 2 nitrogen and oxygen atoms in total. The van der Waals surface area contributed by atoms with Gasteiger partial charge in [-0.1, -0.05) is 37.4 Å². The number of hydrogen-bond acceptors (Lipinski definition) is 2. The van der Waals surface area contributed by atoms with E-state index in [1.807, 2.05) is 0 Å². The molecule has 0 radical (unpaired) electrons. The molecule has 3 unspecified atom stereocenters. The van der Waals surface area contributed by atoms with E-state index in [4.69, 9.17) is 17.3 Å². The van der Waals surface area contributed by atoms with Gasteiger partial charge in [0, 0.05) is 22.5 Å². The third-order valence-corrected chi connectivity index (χ3v) is 4.72. The van der Waals surface area contributed by atoms with Gasteiger partial charge in [0.05, 0.1) is 6.10 Å². The Hall–Kier alpha value is -0.640. The molecule has 0 saturated heterocycles. The van der Waals surface area contributed by atoms with Gasteiger partial charge in [-0.25, -0.2) is 4.39 Å². The summed E-state index contributed by atoms with van der Waals surface area (Å²) in [6, 6.07) is 4.49. The average molecular weight is 286 g/mol. The first-order valence-electron chi connectivity index (χ1n) is 6.82. The van der Waals surface area contributed by atoms with Crippen molar-refractivity contribution in [3.63, 3.8) is 0 Å². The van der Waals surface area contributed by atoms with Crippen LogP contribution in [0, 0.1) is 17.2 Å². The number of aliphatic hydroxyl groups is 1. The zero-order valence-electron chi connectivity index (χ0n) is 11.2. The fraction of sp³-hybridized carbons (Fsp3) is 0.600. The summed E-state index contributed by atoms with van der Waals surface area (Å²) in [5, 5.41) is 10.9. The second-order valence-electron chi connectivity index (χ2n) is 5.81. The molecule has 0 aliphatic heterocycles. The van der Waals surface area contributed by atoms with Crippen LogP contribution in [0.15, 0.2) is 18.2 Å². The van der Waals surface area contributed by atoms with E-state index in [0.29, 0.717) is 12.5 Å². The highest BCUT2D eigenvalue weighted by Crippen LogP contribution is 2.48. The van der Waals surface area contributed by atoms with Gasteiger partial charge in [0.2, 0.25) is 0 Å². The number of benzene rings is 1. The van der Waals surface area contributed by atoms with E-state index in [2.05, 4.69) is 6.92 Å². The molecule has 0 aromatic heterocycles. The van der Waals surface area contributed by atoms with Crippen molar-refractivity contribution in [2.24, 2.45) is 17.1 Å². The molecule has 0 bridgehead atoms. The number of halogens is 2. The summed E-state index contributed by atoms with van der Waals surface area (Å²) in [6.07, 6.45) is 2.85. The van der Waals surface area contributed by atoms with Crippen LogP contribution < -0.4 is 5.73 Å². The molecule has 0 heterocycles. The van der Waals surface area contributed by atoms with Crippen LogP contribution >= 0.6 is 11.6 Å². The Balaban J connectivity index is 2.38. The zero-order chi connectivity index (χ0) is 14.0. The topological polar surface area (TPSA) is 46.2 Å². The van der Waals surface area contributed by atoms with E-state index < -0.39 is 17.3 Å². The maximum Gasteiger partial charge on any atom is 0.130 e. The number of aliphatic hydroxyl groups excluding tert-OH is 1. The first-order chi connectivity index (χ1) is 9.00. The lowest BCUT2D eigenvalue weighted by molar-refractivity contribution is -0.0150.